The van der Waals surface area contributed by atoms with Gasteiger partial charge in [-0.3, -0.25) is 0 Å². The Kier molecular flexibility index (Phi) is 3.41. The highest BCUT2D eigenvalue weighted by Gasteiger charge is 2.35. The number of hydrogen-bond donors (Lipinski definition) is 0. The molecule has 0 aromatic heterocycles. The quantitative estimate of drug-likeness (QED) is 0.557. The molecule has 0 amide bonds. The molecule has 1 rings (SSSR count). The summed E-state index contributed by atoms with van der Waals surface area (Å²) in [5, 5.41) is 0. The summed E-state index contributed by atoms with van der Waals surface area (Å²) in [5.74, 6) is 0.495. The molecule has 0 aromatic carbocycles. The first-order valence-electron chi connectivity index (χ1n) is 5.08. The predicted octanol–water partition coefficient (Wildman–Crippen LogP) is 2.65. The lowest BCUT2D eigenvalue weighted by atomic mass is 9.77. The fourth-order valence-corrected chi connectivity index (χ4v) is 5.22. The Labute approximate surface area is 87.1 Å². The highest BCUT2D eigenvalue weighted by atomic mass is 32.3. The van der Waals surface area contributed by atoms with Crippen LogP contribution in [0.4, 0.5) is 3.89 Å². The molecule has 0 unspecified atom stereocenters. The minimum Gasteiger partial charge on any atom is -0.195 e. The van der Waals surface area contributed by atoms with E-state index in [1.807, 2.05) is 0 Å². The lowest BCUT2D eigenvalue weighted by Crippen LogP contribution is -2.34. The third kappa shape index (κ3) is 4.55. The van der Waals surface area contributed by atoms with Crippen molar-refractivity contribution in [3.8, 4) is 0 Å². The van der Waals surface area contributed by atoms with Crippen LogP contribution in [0, 0.1) is 11.8 Å². The van der Waals surface area contributed by atoms with Crippen LogP contribution in [0.1, 0.15) is 12.8 Å². The predicted molar refractivity (Wildman–Crippen MR) is 59.3 cm³/mol. The van der Waals surface area contributed by atoms with Crippen molar-refractivity contribution in [1.82, 2.24) is 0 Å². The molecule has 5 heteroatoms. The van der Waals surface area contributed by atoms with Crippen LogP contribution in [-0.4, -0.2) is 22.2 Å². The number of rotatable bonds is 4. The Balaban J connectivity index is 2.25. The van der Waals surface area contributed by atoms with Crippen molar-refractivity contribution >= 4 is 18.3 Å². The van der Waals surface area contributed by atoms with E-state index in [4.69, 9.17) is 0 Å². The average molecular weight is 238 g/mol. The first-order valence-corrected chi connectivity index (χ1v) is 10.3. The maximum absolute atomic E-state index is 12.3. The minimum atomic E-state index is -4.24. The summed E-state index contributed by atoms with van der Waals surface area (Å²) in [7, 11) is -5.26. The number of halogens is 1. The molecule has 0 saturated heterocycles. The van der Waals surface area contributed by atoms with Gasteiger partial charge in [-0.2, -0.15) is 8.42 Å². The normalized spacial score (nSPS) is 28.6. The van der Waals surface area contributed by atoms with E-state index in [9.17, 15) is 12.3 Å². The lowest BCUT2D eigenvalue weighted by Gasteiger charge is -2.37. The first kappa shape index (κ1) is 12.2. The van der Waals surface area contributed by atoms with E-state index < -0.39 is 18.3 Å². The van der Waals surface area contributed by atoms with Gasteiger partial charge in [0.2, 0.25) is 0 Å². The lowest BCUT2D eigenvalue weighted by molar-refractivity contribution is 0.232. The van der Waals surface area contributed by atoms with Gasteiger partial charge in [0.15, 0.2) is 0 Å². The number of hydrogen-bond acceptors (Lipinski definition) is 2. The van der Waals surface area contributed by atoms with Crippen molar-refractivity contribution in [2.24, 2.45) is 11.8 Å². The van der Waals surface area contributed by atoms with Crippen molar-refractivity contribution in [2.75, 3.05) is 5.75 Å². The summed E-state index contributed by atoms with van der Waals surface area (Å²) in [6.07, 6.45) is 1.82. The van der Waals surface area contributed by atoms with Gasteiger partial charge in [-0.1, -0.05) is 25.7 Å². The van der Waals surface area contributed by atoms with E-state index in [1.54, 1.807) is 0 Å². The van der Waals surface area contributed by atoms with E-state index in [2.05, 4.69) is 19.6 Å². The highest BCUT2D eigenvalue weighted by molar-refractivity contribution is 7.86. The summed E-state index contributed by atoms with van der Waals surface area (Å²) in [5.41, 5.74) is 0. The molecule has 14 heavy (non-hydrogen) atoms. The highest BCUT2D eigenvalue weighted by Crippen LogP contribution is 2.39. The average Bonchev–Trinajstić information content (AvgIpc) is 1.75. The Hall–Kier alpha value is 0.0969. The van der Waals surface area contributed by atoms with Gasteiger partial charge in [0.25, 0.3) is 0 Å². The molecule has 1 saturated carbocycles. The van der Waals surface area contributed by atoms with E-state index >= 15 is 0 Å². The Bertz CT molecular complexity index is 288. The van der Waals surface area contributed by atoms with Gasteiger partial charge in [-0.25, -0.2) is 0 Å². The molecule has 0 spiro atoms. The molecule has 1 aliphatic rings. The molecule has 1 aliphatic carbocycles. The maximum Gasteiger partial charge on any atom is 0.302 e. The van der Waals surface area contributed by atoms with Gasteiger partial charge in [-0.15, -0.1) is 3.89 Å². The SMILES string of the molecule is C[Si](C)(C)CC1CC(CS(=O)(=O)F)C1. The van der Waals surface area contributed by atoms with Crippen molar-refractivity contribution < 1.29 is 12.3 Å². The van der Waals surface area contributed by atoms with Gasteiger partial charge >= 0.3 is 10.2 Å². The summed E-state index contributed by atoms with van der Waals surface area (Å²) >= 11 is 0. The fourth-order valence-electron chi connectivity index (χ4n) is 2.32. The van der Waals surface area contributed by atoms with Gasteiger partial charge in [0, 0.05) is 8.07 Å². The van der Waals surface area contributed by atoms with Crippen molar-refractivity contribution in [3.05, 3.63) is 0 Å². The zero-order valence-electron chi connectivity index (χ0n) is 9.09. The van der Waals surface area contributed by atoms with E-state index in [-0.39, 0.29) is 11.7 Å². The van der Waals surface area contributed by atoms with Crippen LogP contribution < -0.4 is 0 Å². The Morgan fingerprint density at radius 1 is 1.21 bits per heavy atom. The minimum absolute atomic E-state index is 0.0892. The zero-order chi connectivity index (χ0) is 11.0. The van der Waals surface area contributed by atoms with Crippen LogP contribution >= 0.6 is 0 Å². The molecule has 2 nitrogen and oxygen atoms in total. The summed E-state index contributed by atoms with van der Waals surface area (Å²) in [4.78, 5) is 0. The fraction of sp³-hybridized carbons (Fsp3) is 1.00. The molecular weight excluding hydrogens is 219 g/mol. The molecule has 84 valence electrons. The second kappa shape index (κ2) is 3.93. The molecule has 0 bridgehead atoms. The van der Waals surface area contributed by atoms with E-state index in [1.165, 1.54) is 6.04 Å². The van der Waals surface area contributed by atoms with Crippen LogP contribution in [0.15, 0.2) is 0 Å². The summed E-state index contributed by atoms with van der Waals surface area (Å²) < 4.78 is 33.0. The van der Waals surface area contributed by atoms with Crippen LogP contribution in [0.3, 0.4) is 0 Å². The molecule has 1 fully saturated rings. The monoisotopic (exact) mass is 238 g/mol. The van der Waals surface area contributed by atoms with Crippen LogP contribution in [0.25, 0.3) is 0 Å². The zero-order valence-corrected chi connectivity index (χ0v) is 10.9. The van der Waals surface area contributed by atoms with Crippen molar-refractivity contribution in [2.45, 2.75) is 38.5 Å². The molecule has 0 atom stereocenters. The smallest absolute Gasteiger partial charge is 0.195 e. The summed E-state index contributed by atoms with van der Waals surface area (Å²) in [6.45, 7) is 6.94. The molecule has 0 N–H and O–H groups in total. The third-order valence-corrected chi connectivity index (χ3v) is 5.34. The maximum atomic E-state index is 12.3. The van der Waals surface area contributed by atoms with Gasteiger partial charge in [-0.05, 0) is 24.7 Å². The summed E-state index contributed by atoms with van der Waals surface area (Å²) in [6, 6.07) is 1.25. The van der Waals surface area contributed by atoms with E-state index in [0.717, 1.165) is 12.8 Å². The van der Waals surface area contributed by atoms with Crippen LogP contribution in [-0.2, 0) is 10.2 Å². The van der Waals surface area contributed by atoms with Gasteiger partial charge in [0.05, 0.1) is 5.75 Å². The largest absolute Gasteiger partial charge is 0.302 e. The Morgan fingerprint density at radius 2 is 1.71 bits per heavy atom. The second-order valence-corrected chi connectivity index (χ2v) is 12.6. The third-order valence-electron chi connectivity index (χ3n) is 2.67. The van der Waals surface area contributed by atoms with Crippen LogP contribution in [0.5, 0.6) is 0 Å². The van der Waals surface area contributed by atoms with Crippen LogP contribution in [0.2, 0.25) is 25.7 Å². The molecular formula is C9H19FO2SSi. The molecule has 0 heterocycles. The van der Waals surface area contributed by atoms with Crippen molar-refractivity contribution in [3.63, 3.8) is 0 Å². The topological polar surface area (TPSA) is 34.1 Å². The molecule has 0 radical (unpaired) electrons. The second-order valence-electron chi connectivity index (χ2n) is 5.67. The standard InChI is InChI=1S/C9H19FO2SSi/c1-14(2,3)7-9-4-8(5-9)6-13(10,11)12/h8-9H,4-7H2,1-3H3. The molecule has 0 aromatic rings. The van der Waals surface area contributed by atoms with Gasteiger partial charge < -0.3 is 0 Å². The van der Waals surface area contributed by atoms with Crippen molar-refractivity contribution in [1.29, 1.82) is 0 Å². The van der Waals surface area contributed by atoms with Gasteiger partial charge in [0.1, 0.15) is 0 Å². The Morgan fingerprint density at radius 3 is 2.07 bits per heavy atom. The molecule has 0 aliphatic heterocycles. The van der Waals surface area contributed by atoms with E-state index in [0.29, 0.717) is 5.92 Å². The first-order chi connectivity index (χ1) is 6.16.